The van der Waals surface area contributed by atoms with E-state index in [2.05, 4.69) is 25.9 Å². The van der Waals surface area contributed by atoms with Crippen LogP contribution in [0.1, 0.15) is 0 Å². The van der Waals surface area contributed by atoms with Crippen LogP contribution in [0.25, 0.3) is 16.9 Å². The molecular weight excluding hydrogens is 324 g/mol. The Balaban J connectivity index is 1.96. The zero-order chi connectivity index (χ0) is 13.7. The van der Waals surface area contributed by atoms with E-state index in [0.717, 1.165) is 21.4 Å². The van der Waals surface area contributed by atoms with Gasteiger partial charge < -0.3 is 15.2 Å². The van der Waals surface area contributed by atoms with Crippen molar-refractivity contribution in [1.82, 2.24) is 14.5 Å². The summed E-state index contributed by atoms with van der Waals surface area (Å²) in [5.41, 5.74) is 8.27. The van der Waals surface area contributed by atoms with Crippen molar-refractivity contribution in [3.05, 3.63) is 34.9 Å². The van der Waals surface area contributed by atoms with Gasteiger partial charge in [-0.15, -0.1) is 0 Å². The van der Waals surface area contributed by atoms with Crippen LogP contribution in [0.5, 0.6) is 11.5 Å². The molecule has 0 radical (unpaired) electrons. The van der Waals surface area contributed by atoms with Gasteiger partial charge in [0.1, 0.15) is 5.52 Å². The van der Waals surface area contributed by atoms with Gasteiger partial charge in [0.2, 0.25) is 12.7 Å². The van der Waals surface area contributed by atoms with E-state index in [9.17, 15) is 0 Å². The van der Waals surface area contributed by atoms with Gasteiger partial charge in [-0.1, -0.05) is 0 Å². The van der Waals surface area contributed by atoms with Gasteiger partial charge in [-0.2, -0.15) is 0 Å². The Bertz CT molecular complexity index is 831. The van der Waals surface area contributed by atoms with Crippen LogP contribution in [0.3, 0.4) is 0 Å². The van der Waals surface area contributed by atoms with Gasteiger partial charge >= 0.3 is 0 Å². The van der Waals surface area contributed by atoms with Crippen molar-refractivity contribution in [2.24, 2.45) is 0 Å². The van der Waals surface area contributed by atoms with E-state index in [0.29, 0.717) is 17.3 Å². The molecule has 2 aromatic heterocycles. The van der Waals surface area contributed by atoms with Gasteiger partial charge in [-0.3, -0.25) is 4.57 Å². The van der Waals surface area contributed by atoms with Crippen molar-refractivity contribution in [3.63, 3.8) is 0 Å². The topological polar surface area (TPSA) is 75.2 Å². The number of nitrogen functional groups attached to an aromatic ring is 1. The molecule has 0 bridgehead atoms. The Hall–Kier alpha value is -2.28. The summed E-state index contributed by atoms with van der Waals surface area (Å²) in [5, 5.41) is 0. The Morgan fingerprint density at radius 1 is 1.20 bits per heavy atom. The van der Waals surface area contributed by atoms with Crippen LogP contribution in [0.2, 0.25) is 0 Å². The van der Waals surface area contributed by atoms with Gasteiger partial charge in [0.25, 0.3) is 0 Å². The second-order valence-electron chi connectivity index (χ2n) is 4.34. The summed E-state index contributed by atoms with van der Waals surface area (Å²) < 4.78 is 13.3. The number of ether oxygens (including phenoxy) is 2. The fraction of sp³-hybridized carbons (Fsp3) is 0.0769. The molecule has 0 amide bonds. The first-order valence-electron chi connectivity index (χ1n) is 5.92. The molecule has 0 fully saturated rings. The van der Waals surface area contributed by atoms with E-state index in [1.165, 1.54) is 0 Å². The lowest BCUT2D eigenvalue weighted by molar-refractivity contribution is 0.174. The molecule has 100 valence electrons. The predicted octanol–water partition coefficient (Wildman–Crippen LogP) is 2.49. The number of fused-ring (bicyclic) bond motifs is 2. The summed E-state index contributed by atoms with van der Waals surface area (Å²) in [7, 11) is 0. The van der Waals surface area contributed by atoms with Crippen LogP contribution in [-0.2, 0) is 0 Å². The number of nitrogens with zero attached hydrogens (tertiary/aromatic N) is 3. The van der Waals surface area contributed by atoms with Crippen molar-refractivity contribution < 1.29 is 9.47 Å². The van der Waals surface area contributed by atoms with E-state index in [4.69, 9.17) is 15.2 Å². The fourth-order valence-electron chi connectivity index (χ4n) is 2.24. The van der Waals surface area contributed by atoms with Crippen LogP contribution in [0, 0.1) is 0 Å². The minimum atomic E-state index is 0.240. The molecule has 0 spiro atoms. The number of nitrogens with two attached hydrogens (primary N) is 1. The van der Waals surface area contributed by atoms with E-state index >= 15 is 0 Å². The van der Waals surface area contributed by atoms with Gasteiger partial charge in [-0.05, 0) is 34.1 Å². The highest BCUT2D eigenvalue weighted by Gasteiger charge is 2.17. The Labute approximate surface area is 122 Å². The molecule has 0 atom stereocenters. The summed E-state index contributed by atoms with van der Waals surface area (Å²) in [5.74, 6) is 1.80. The smallest absolute Gasteiger partial charge is 0.231 e. The van der Waals surface area contributed by atoms with Gasteiger partial charge in [0.05, 0.1) is 5.69 Å². The Morgan fingerprint density at radius 2 is 2.05 bits per heavy atom. The zero-order valence-corrected chi connectivity index (χ0v) is 11.8. The summed E-state index contributed by atoms with van der Waals surface area (Å²) >= 11 is 3.37. The molecule has 0 saturated heterocycles. The maximum atomic E-state index is 6.01. The lowest BCUT2D eigenvalue weighted by atomic mass is 10.2. The number of rotatable bonds is 1. The average Bonchev–Trinajstić information content (AvgIpc) is 3.00. The van der Waals surface area contributed by atoms with E-state index < -0.39 is 0 Å². The van der Waals surface area contributed by atoms with E-state index in [1.54, 1.807) is 10.8 Å². The van der Waals surface area contributed by atoms with Gasteiger partial charge in [0, 0.05) is 16.7 Å². The summed E-state index contributed by atoms with van der Waals surface area (Å²) in [6, 6.07) is 7.49. The lowest BCUT2D eigenvalue weighted by Gasteiger charge is -2.06. The first-order valence-corrected chi connectivity index (χ1v) is 6.71. The summed E-state index contributed by atoms with van der Waals surface area (Å²) in [6.45, 7) is 0.240. The molecule has 7 heteroatoms. The molecule has 6 nitrogen and oxygen atoms in total. The second kappa shape index (κ2) is 4.11. The molecular formula is C13H9BrN4O2. The number of aromatic nitrogens is 3. The van der Waals surface area contributed by atoms with Crippen molar-refractivity contribution in [2.45, 2.75) is 0 Å². The summed E-state index contributed by atoms with van der Waals surface area (Å²) in [4.78, 5) is 8.69. The van der Waals surface area contributed by atoms with Crippen molar-refractivity contribution in [1.29, 1.82) is 0 Å². The maximum Gasteiger partial charge on any atom is 0.231 e. The largest absolute Gasteiger partial charge is 0.454 e. The third kappa shape index (κ3) is 1.63. The van der Waals surface area contributed by atoms with Crippen molar-refractivity contribution >= 4 is 33.0 Å². The first kappa shape index (κ1) is 11.5. The molecule has 0 saturated carbocycles. The number of halogens is 1. The van der Waals surface area contributed by atoms with Gasteiger partial charge in [0.15, 0.2) is 17.1 Å². The third-order valence-corrected chi connectivity index (χ3v) is 3.54. The Kier molecular flexibility index (Phi) is 2.37. The van der Waals surface area contributed by atoms with Crippen molar-refractivity contribution in [3.8, 4) is 17.2 Å². The molecule has 0 aliphatic carbocycles. The molecule has 1 aliphatic rings. The fourth-order valence-corrected chi connectivity index (χ4v) is 2.56. The molecule has 4 rings (SSSR count). The quantitative estimate of drug-likeness (QED) is 0.741. The zero-order valence-electron chi connectivity index (χ0n) is 10.2. The lowest BCUT2D eigenvalue weighted by Crippen LogP contribution is -2.01. The SMILES string of the molecule is Nc1nc2cc(Br)cnc2n1-c1ccc2c(c1)OCO2. The normalized spacial score (nSPS) is 13.1. The Morgan fingerprint density at radius 3 is 2.95 bits per heavy atom. The van der Waals surface area contributed by atoms with E-state index in [1.807, 2.05) is 24.3 Å². The molecule has 3 aromatic rings. The number of benzene rings is 1. The number of hydrogen-bond acceptors (Lipinski definition) is 5. The molecule has 3 heterocycles. The third-order valence-electron chi connectivity index (χ3n) is 3.10. The molecule has 0 unspecified atom stereocenters. The van der Waals surface area contributed by atoms with Crippen LogP contribution in [0.15, 0.2) is 34.9 Å². The number of pyridine rings is 1. The molecule has 2 N–H and O–H groups in total. The van der Waals surface area contributed by atoms with E-state index in [-0.39, 0.29) is 6.79 Å². The predicted molar refractivity (Wildman–Crippen MR) is 77.1 cm³/mol. The number of imidazole rings is 1. The van der Waals surface area contributed by atoms with Crippen LogP contribution in [0.4, 0.5) is 5.95 Å². The number of anilines is 1. The van der Waals surface area contributed by atoms with Crippen LogP contribution >= 0.6 is 15.9 Å². The minimum absolute atomic E-state index is 0.240. The number of hydrogen-bond donors (Lipinski definition) is 1. The van der Waals surface area contributed by atoms with Gasteiger partial charge in [-0.25, -0.2) is 9.97 Å². The highest BCUT2D eigenvalue weighted by atomic mass is 79.9. The minimum Gasteiger partial charge on any atom is -0.454 e. The first-order chi connectivity index (χ1) is 9.72. The maximum absolute atomic E-state index is 6.01. The van der Waals surface area contributed by atoms with Crippen molar-refractivity contribution in [2.75, 3.05) is 12.5 Å². The average molecular weight is 333 g/mol. The standard InChI is InChI=1S/C13H9BrN4O2/c14-7-3-9-12(16-5-7)18(13(15)17-9)8-1-2-10-11(4-8)20-6-19-10/h1-5H,6H2,(H2,15,17). The molecule has 1 aliphatic heterocycles. The molecule has 1 aromatic carbocycles. The second-order valence-corrected chi connectivity index (χ2v) is 5.25. The molecule has 20 heavy (non-hydrogen) atoms. The monoisotopic (exact) mass is 332 g/mol. The van der Waals surface area contributed by atoms with Crippen LogP contribution < -0.4 is 15.2 Å². The highest BCUT2D eigenvalue weighted by molar-refractivity contribution is 9.10. The summed E-state index contributed by atoms with van der Waals surface area (Å²) in [6.07, 6.45) is 1.72. The highest BCUT2D eigenvalue weighted by Crippen LogP contribution is 2.35. The van der Waals surface area contributed by atoms with Crippen LogP contribution in [-0.4, -0.2) is 21.3 Å².